The molecular weight excluding hydrogens is 242 g/mol. The van der Waals surface area contributed by atoms with Crippen LogP contribution in [0.4, 0.5) is 0 Å². The molecule has 0 aliphatic heterocycles. The molecular formula is C14H15N3O2. The maximum atomic E-state index is 5.71. The van der Waals surface area contributed by atoms with Crippen LogP contribution >= 0.6 is 0 Å². The average Bonchev–Trinajstić information content (AvgIpc) is 3.05. The second kappa shape index (κ2) is 4.85. The molecule has 5 heteroatoms. The largest absolute Gasteiger partial charge is 0.463 e. The summed E-state index contributed by atoms with van der Waals surface area (Å²) in [4.78, 5) is 0. The zero-order chi connectivity index (χ0) is 13.2. The van der Waals surface area contributed by atoms with E-state index in [1.807, 2.05) is 38.1 Å². The average molecular weight is 257 g/mol. The van der Waals surface area contributed by atoms with Crippen LogP contribution in [0.3, 0.4) is 0 Å². The van der Waals surface area contributed by atoms with Crippen molar-refractivity contribution in [1.82, 2.24) is 15.5 Å². The number of benzene rings is 1. The van der Waals surface area contributed by atoms with Crippen LogP contribution in [0.1, 0.15) is 25.8 Å². The Labute approximate surface area is 110 Å². The minimum atomic E-state index is 0.0458. The molecule has 0 saturated carbocycles. The Kier molecular flexibility index (Phi) is 3.05. The minimum Gasteiger partial charge on any atom is -0.463 e. The van der Waals surface area contributed by atoms with Crippen molar-refractivity contribution in [3.8, 4) is 11.5 Å². The summed E-state index contributed by atoms with van der Waals surface area (Å²) in [5.74, 6) is 1.08. The number of nitrogens with zero attached hydrogens (tertiary/aromatic N) is 2. The van der Waals surface area contributed by atoms with Crippen LogP contribution in [-0.2, 0) is 0 Å². The Bertz CT molecular complexity index is 687. The number of rotatable bonds is 4. The molecule has 2 heterocycles. The van der Waals surface area contributed by atoms with Crippen molar-refractivity contribution >= 4 is 11.0 Å². The predicted octanol–water partition coefficient (Wildman–Crippen LogP) is 3.15. The van der Waals surface area contributed by atoms with E-state index in [2.05, 4.69) is 15.5 Å². The lowest BCUT2D eigenvalue weighted by molar-refractivity contribution is 0.428. The lowest BCUT2D eigenvalue weighted by Gasteiger charge is -2.05. The molecule has 0 spiro atoms. The van der Waals surface area contributed by atoms with E-state index in [0.29, 0.717) is 11.8 Å². The van der Waals surface area contributed by atoms with Crippen molar-refractivity contribution in [1.29, 1.82) is 0 Å². The molecule has 1 N–H and O–H groups in total. The van der Waals surface area contributed by atoms with Gasteiger partial charge in [-0.3, -0.25) is 0 Å². The first-order chi connectivity index (χ1) is 9.29. The number of hydrogen-bond donors (Lipinski definition) is 1. The van der Waals surface area contributed by atoms with E-state index in [-0.39, 0.29) is 6.04 Å². The summed E-state index contributed by atoms with van der Waals surface area (Å²) >= 11 is 0. The highest BCUT2D eigenvalue weighted by Gasteiger charge is 2.17. The van der Waals surface area contributed by atoms with Crippen molar-refractivity contribution < 1.29 is 8.83 Å². The molecule has 5 nitrogen and oxygen atoms in total. The summed E-state index contributed by atoms with van der Waals surface area (Å²) in [5, 5.41) is 12.4. The second-order valence-electron chi connectivity index (χ2n) is 4.37. The van der Waals surface area contributed by atoms with Gasteiger partial charge in [-0.25, -0.2) is 0 Å². The van der Waals surface area contributed by atoms with Gasteiger partial charge < -0.3 is 14.2 Å². The molecule has 0 saturated heterocycles. The third-order valence-corrected chi connectivity index (χ3v) is 3.03. The number of aromatic nitrogens is 2. The topological polar surface area (TPSA) is 64.1 Å². The summed E-state index contributed by atoms with van der Waals surface area (Å²) in [6.45, 7) is 4.89. The normalized spacial score (nSPS) is 12.9. The molecule has 0 amide bonds. The molecule has 98 valence electrons. The number of furan rings is 1. The van der Waals surface area contributed by atoms with Gasteiger partial charge >= 0.3 is 0 Å². The van der Waals surface area contributed by atoms with Crippen molar-refractivity contribution in [2.24, 2.45) is 0 Å². The molecule has 19 heavy (non-hydrogen) atoms. The van der Waals surface area contributed by atoms with Crippen LogP contribution in [-0.4, -0.2) is 16.7 Å². The maximum Gasteiger partial charge on any atom is 0.251 e. The molecule has 2 aromatic heterocycles. The highest BCUT2D eigenvalue weighted by Crippen LogP contribution is 2.30. The zero-order valence-corrected chi connectivity index (χ0v) is 10.9. The van der Waals surface area contributed by atoms with E-state index < -0.39 is 0 Å². The smallest absolute Gasteiger partial charge is 0.251 e. The molecule has 0 aliphatic rings. The molecule has 1 unspecified atom stereocenters. The first-order valence-corrected chi connectivity index (χ1v) is 6.33. The van der Waals surface area contributed by atoms with E-state index in [9.17, 15) is 0 Å². The van der Waals surface area contributed by atoms with Gasteiger partial charge in [0.05, 0.1) is 11.6 Å². The van der Waals surface area contributed by atoms with E-state index in [0.717, 1.165) is 23.1 Å². The maximum absolute atomic E-state index is 5.71. The fourth-order valence-corrected chi connectivity index (χ4v) is 2.06. The summed E-state index contributed by atoms with van der Waals surface area (Å²) in [6.07, 6.45) is 1.65. The van der Waals surface area contributed by atoms with Gasteiger partial charge in [-0.2, -0.15) is 0 Å². The Morgan fingerprint density at radius 3 is 2.95 bits per heavy atom. The number of hydrogen-bond acceptors (Lipinski definition) is 5. The van der Waals surface area contributed by atoms with Crippen LogP contribution in [0.15, 0.2) is 39.4 Å². The summed E-state index contributed by atoms with van der Waals surface area (Å²) < 4.78 is 11.2. The second-order valence-corrected chi connectivity index (χ2v) is 4.37. The van der Waals surface area contributed by atoms with Gasteiger partial charge in [0.1, 0.15) is 11.8 Å². The summed E-state index contributed by atoms with van der Waals surface area (Å²) in [6, 6.07) is 7.83. The van der Waals surface area contributed by atoms with Crippen LogP contribution < -0.4 is 5.32 Å². The highest BCUT2D eigenvalue weighted by molar-refractivity contribution is 5.91. The lowest BCUT2D eigenvalue weighted by Crippen LogP contribution is -2.17. The SMILES string of the molecule is CCNC(C)c1nnc(-c2coc3ccccc23)o1. The standard InChI is InChI=1S/C14H15N3O2/c1-3-15-9(2)13-16-17-14(19-13)11-8-18-12-7-5-4-6-10(11)12/h4-9,15H,3H2,1-2H3. The molecule has 0 radical (unpaired) electrons. The third kappa shape index (κ3) is 2.13. The van der Waals surface area contributed by atoms with Crippen molar-refractivity contribution in [2.75, 3.05) is 6.54 Å². The third-order valence-electron chi connectivity index (χ3n) is 3.03. The van der Waals surface area contributed by atoms with Crippen LogP contribution in [0.25, 0.3) is 22.4 Å². The van der Waals surface area contributed by atoms with E-state index in [1.54, 1.807) is 6.26 Å². The fourth-order valence-electron chi connectivity index (χ4n) is 2.06. The van der Waals surface area contributed by atoms with Gasteiger partial charge in [-0.1, -0.05) is 25.1 Å². The lowest BCUT2D eigenvalue weighted by atomic mass is 10.2. The first-order valence-electron chi connectivity index (χ1n) is 6.33. The van der Waals surface area contributed by atoms with Gasteiger partial charge in [-0.05, 0) is 19.5 Å². The molecule has 0 bridgehead atoms. The van der Waals surface area contributed by atoms with Crippen molar-refractivity contribution in [3.63, 3.8) is 0 Å². The zero-order valence-electron chi connectivity index (χ0n) is 10.9. The van der Waals surface area contributed by atoms with Gasteiger partial charge in [0.2, 0.25) is 5.89 Å². The van der Waals surface area contributed by atoms with Crippen molar-refractivity contribution in [3.05, 3.63) is 36.4 Å². The molecule has 1 atom stereocenters. The number of nitrogens with one attached hydrogen (secondary N) is 1. The Balaban J connectivity index is 1.98. The summed E-state index contributed by atoms with van der Waals surface area (Å²) in [5.41, 5.74) is 1.65. The van der Waals surface area contributed by atoms with Crippen LogP contribution in [0, 0.1) is 0 Å². The molecule has 1 aromatic carbocycles. The molecule has 0 fully saturated rings. The quantitative estimate of drug-likeness (QED) is 0.777. The Morgan fingerprint density at radius 1 is 1.26 bits per heavy atom. The first kappa shape index (κ1) is 11.9. The predicted molar refractivity (Wildman–Crippen MR) is 71.6 cm³/mol. The monoisotopic (exact) mass is 257 g/mol. The van der Waals surface area contributed by atoms with E-state index in [1.165, 1.54) is 0 Å². The van der Waals surface area contributed by atoms with Gasteiger partial charge in [-0.15, -0.1) is 10.2 Å². The van der Waals surface area contributed by atoms with E-state index in [4.69, 9.17) is 8.83 Å². The van der Waals surface area contributed by atoms with Crippen molar-refractivity contribution in [2.45, 2.75) is 19.9 Å². The number of fused-ring (bicyclic) bond motifs is 1. The summed E-state index contributed by atoms with van der Waals surface area (Å²) in [7, 11) is 0. The Hall–Kier alpha value is -2.14. The molecule has 0 aliphatic carbocycles. The number of para-hydroxylation sites is 1. The van der Waals surface area contributed by atoms with Gasteiger partial charge in [0.15, 0.2) is 0 Å². The van der Waals surface area contributed by atoms with Gasteiger partial charge in [0, 0.05) is 5.39 Å². The van der Waals surface area contributed by atoms with Gasteiger partial charge in [0.25, 0.3) is 5.89 Å². The molecule has 3 aromatic rings. The van der Waals surface area contributed by atoms with Crippen LogP contribution in [0.5, 0.6) is 0 Å². The van der Waals surface area contributed by atoms with Crippen LogP contribution in [0.2, 0.25) is 0 Å². The molecule has 3 rings (SSSR count). The fraction of sp³-hybridized carbons (Fsp3) is 0.286. The highest BCUT2D eigenvalue weighted by atomic mass is 16.4. The Morgan fingerprint density at radius 2 is 2.11 bits per heavy atom. The minimum absolute atomic E-state index is 0.0458. The van der Waals surface area contributed by atoms with E-state index >= 15 is 0 Å².